The van der Waals surface area contributed by atoms with E-state index in [1.807, 2.05) is 12.1 Å². The Labute approximate surface area is 139 Å². The van der Waals surface area contributed by atoms with E-state index >= 15 is 0 Å². The third-order valence-electron chi connectivity index (χ3n) is 4.08. The van der Waals surface area contributed by atoms with Gasteiger partial charge in [-0.2, -0.15) is 0 Å². The Morgan fingerprint density at radius 3 is 2.68 bits per heavy atom. The molecule has 2 N–H and O–H groups in total. The minimum atomic E-state index is -3.45. The topological polar surface area (TPSA) is 60.2 Å². The summed E-state index contributed by atoms with van der Waals surface area (Å²) in [7, 11) is -3.45. The van der Waals surface area contributed by atoms with Crippen molar-refractivity contribution >= 4 is 32.9 Å². The molecule has 1 aromatic heterocycles. The third-order valence-corrected chi connectivity index (χ3v) is 8.49. The molecule has 0 bridgehead atoms. The Kier molecular flexibility index (Phi) is 4.14. The van der Waals surface area contributed by atoms with Crippen LogP contribution in [0.5, 0.6) is 0 Å². The first kappa shape index (κ1) is 16.1. The van der Waals surface area contributed by atoms with E-state index in [9.17, 15) is 8.42 Å². The molecule has 0 saturated heterocycles. The SMILES string of the molecule is CC1(C)CCSc2cc(S(=O)(=O)c3ccc(CN)s3)ccc21. The van der Waals surface area contributed by atoms with Crippen LogP contribution in [-0.2, 0) is 21.8 Å². The van der Waals surface area contributed by atoms with E-state index in [0.717, 1.165) is 21.9 Å². The molecular weight excluding hydrogens is 334 g/mol. The van der Waals surface area contributed by atoms with Crippen LogP contribution < -0.4 is 5.73 Å². The van der Waals surface area contributed by atoms with Crippen LogP contribution in [0.25, 0.3) is 0 Å². The molecule has 6 heteroatoms. The fourth-order valence-electron chi connectivity index (χ4n) is 2.63. The molecule has 0 spiro atoms. The predicted molar refractivity (Wildman–Crippen MR) is 92.5 cm³/mol. The lowest BCUT2D eigenvalue weighted by Crippen LogP contribution is -2.22. The van der Waals surface area contributed by atoms with Gasteiger partial charge in [-0.3, -0.25) is 0 Å². The zero-order valence-electron chi connectivity index (χ0n) is 12.6. The van der Waals surface area contributed by atoms with Crippen LogP contribution in [0.15, 0.2) is 44.3 Å². The zero-order valence-corrected chi connectivity index (χ0v) is 15.1. The standard InChI is InChI=1S/C16H19NO2S3/c1-16(2)7-8-20-14-9-12(4-5-13(14)16)22(18,19)15-6-3-11(10-17)21-15/h3-6,9H,7-8,10,17H2,1-2H3. The molecule has 0 saturated carbocycles. The molecule has 0 amide bonds. The van der Waals surface area contributed by atoms with Crippen LogP contribution >= 0.6 is 23.1 Å². The lowest BCUT2D eigenvalue weighted by Gasteiger charge is -2.32. The summed E-state index contributed by atoms with van der Waals surface area (Å²) < 4.78 is 25.9. The smallest absolute Gasteiger partial charge is 0.216 e. The first-order valence-electron chi connectivity index (χ1n) is 7.16. The number of fused-ring (bicyclic) bond motifs is 1. The largest absolute Gasteiger partial charge is 0.326 e. The Morgan fingerprint density at radius 1 is 1.23 bits per heavy atom. The number of hydrogen-bond donors (Lipinski definition) is 1. The third kappa shape index (κ3) is 2.73. The van der Waals surface area contributed by atoms with Crippen molar-refractivity contribution in [1.29, 1.82) is 0 Å². The number of thiophene rings is 1. The summed E-state index contributed by atoms with van der Waals surface area (Å²) in [5.74, 6) is 1.03. The molecule has 3 rings (SSSR count). The van der Waals surface area contributed by atoms with Crippen molar-refractivity contribution < 1.29 is 8.42 Å². The number of nitrogens with two attached hydrogens (primary N) is 1. The monoisotopic (exact) mass is 353 g/mol. The van der Waals surface area contributed by atoms with Gasteiger partial charge in [0.25, 0.3) is 0 Å². The van der Waals surface area contributed by atoms with Crippen LogP contribution in [0.3, 0.4) is 0 Å². The van der Waals surface area contributed by atoms with Gasteiger partial charge >= 0.3 is 0 Å². The van der Waals surface area contributed by atoms with Gasteiger partial charge < -0.3 is 5.73 Å². The number of hydrogen-bond acceptors (Lipinski definition) is 5. The highest BCUT2D eigenvalue weighted by molar-refractivity contribution is 7.99. The first-order valence-corrected chi connectivity index (χ1v) is 10.4. The maximum atomic E-state index is 12.8. The van der Waals surface area contributed by atoms with Crippen molar-refractivity contribution in [3.63, 3.8) is 0 Å². The molecule has 0 radical (unpaired) electrons. The maximum Gasteiger partial charge on any atom is 0.216 e. The van der Waals surface area contributed by atoms with Crippen LogP contribution in [0.2, 0.25) is 0 Å². The predicted octanol–water partition coefficient (Wildman–Crippen LogP) is 3.81. The molecule has 1 aliphatic heterocycles. The van der Waals surface area contributed by atoms with E-state index in [4.69, 9.17) is 5.73 Å². The summed E-state index contributed by atoms with van der Waals surface area (Å²) in [4.78, 5) is 2.35. The average molecular weight is 354 g/mol. The molecule has 2 heterocycles. The van der Waals surface area contributed by atoms with Crippen molar-refractivity contribution in [2.75, 3.05) is 5.75 Å². The number of rotatable bonds is 3. The number of sulfone groups is 1. The second-order valence-electron chi connectivity index (χ2n) is 6.07. The van der Waals surface area contributed by atoms with Gasteiger partial charge in [0.1, 0.15) is 4.21 Å². The highest BCUT2D eigenvalue weighted by atomic mass is 32.2. The average Bonchev–Trinajstić information content (AvgIpc) is 2.96. The second kappa shape index (κ2) is 5.67. The van der Waals surface area contributed by atoms with Crippen molar-refractivity contribution in [3.05, 3.63) is 40.8 Å². The van der Waals surface area contributed by atoms with Gasteiger partial charge in [-0.05, 0) is 47.4 Å². The van der Waals surface area contributed by atoms with Crippen LogP contribution in [0, 0.1) is 0 Å². The van der Waals surface area contributed by atoms with Crippen LogP contribution in [-0.4, -0.2) is 14.2 Å². The Bertz CT molecular complexity index is 807. The molecule has 0 unspecified atom stereocenters. The van der Waals surface area contributed by atoms with Gasteiger partial charge in [0.2, 0.25) is 9.84 Å². The summed E-state index contributed by atoms with van der Waals surface area (Å²) >= 11 is 3.00. The molecule has 0 aliphatic carbocycles. The Hall–Kier alpha value is -0.820. The van der Waals surface area contributed by atoms with Crippen molar-refractivity contribution in [2.24, 2.45) is 5.73 Å². The molecule has 22 heavy (non-hydrogen) atoms. The first-order chi connectivity index (χ1) is 10.3. The zero-order chi connectivity index (χ0) is 16.0. The van der Waals surface area contributed by atoms with E-state index in [1.165, 1.54) is 16.9 Å². The van der Waals surface area contributed by atoms with Gasteiger partial charge in [0, 0.05) is 16.3 Å². The van der Waals surface area contributed by atoms with E-state index in [2.05, 4.69) is 13.8 Å². The van der Waals surface area contributed by atoms with Gasteiger partial charge in [0.05, 0.1) is 4.90 Å². The van der Waals surface area contributed by atoms with Crippen molar-refractivity contribution in [2.45, 2.75) is 46.2 Å². The lowest BCUT2D eigenvalue weighted by atomic mass is 9.82. The van der Waals surface area contributed by atoms with E-state index in [-0.39, 0.29) is 5.41 Å². The molecule has 1 aliphatic rings. The summed E-state index contributed by atoms with van der Waals surface area (Å²) in [6.45, 7) is 4.80. The highest BCUT2D eigenvalue weighted by Gasteiger charge is 2.29. The van der Waals surface area contributed by atoms with E-state index in [0.29, 0.717) is 15.6 Å². The molecule has 0 atom stereocenters. The number of thioether (sulfide) groups is 1. The normalized spacial score (nSPS) is 17.2. The second-order valence-corrected chi connectivity index (χ2v) is 10.6. The maximum absolute atomic E-state index is 12.8. The van der Waals surface area contributed by atoms with E-state index in [1.54, 1.807) is 30.0 Å². The summed E-state index contributed by atoms with van der Waals surface area (Å²) in [6, 6.07) is 8.99. The summed E-state index contributed by atoms with van der Waals surface area (Å²) in [6.07, 6.45) is 1.11. The lowest BCUT2D eigenvalue weighted by molar-refractivity contribution is 0.493. The summed E-state index contributed by atoms with van der Waals surface area (Å²) in [5, 5.41) is 0. The minimum Gasteiger partial charge on any atom is -0.326 e. The Morgan fingerprint density at radius 2 is 2.00 bits per heavy atom. The minimum absolute atomic E-state index is 0.110. The van der Waals surface area contributed by atoms with Gasteiger partial charge in [-0.25, -0.2) is 8.42 Å². The number of benzene rings is 1. The summed E-state index contributed by atoms with van der Waals surface area (Å²) in [5.41, 5.74) is 6.93. The van der Waals surface area contributed by atoms with Crippen molar-refractivity contribution in [1.82, 2.24) is 0 Å². The van der Waals surface area contributed by atoms with Gasteiger partial charge in [-0.15, -0.1) is 23.1 Å². The van der Waals surface area contributed by atoms with Crippen LogP contribution in [0.1, 0.15) is 30.7 Å². The fraction of sp³-hybridized carbons (Fsp3) is 0.375. The molecule has 118 valence electrons. The van der Waals surface area contributed by atoms with Gasteiger partial charge in [0.15, 0.2) is 0 Å². The van der Waals surface area contributed by atoms with Gasteiger partial charge in [-0.1, -0.05) is 19.9 Å². The highest BCUT2D eigenvalue weighted by Crippen LogP contribution is 2.42. The fourth-order valence-corrected chi connectivity index (χ4v) is 6.91. The van der Waals surface area contributed by atoms with Crippen molar-refractivity contribution in [3.8, 4) is 0 Å². The van der Waals surface area contributed by atoms with E-state index < -0.39 is 9.84 Å². The quantitative estimate of drug-likeness (QED) is 0.911. The molecule has 1 aromatic carbocycles. The molecular formula is C16H19NO2S3. The Balaban J connectivity index is 2.05. The molecule has 2 aromatic rings. The molecule has 3 nitrogen and oxygen atoms in total. The van der Waals surface area contributed by atoms with Crippen LogP contribution in [0.4, 0.5) is 0 Å². The molecule has 0 fully saturated rings.